The molecular formula is C35H64N4. The van der Waals surface area contributed by atoms with E-state index in [1.807, 2.05) is 0 Å². The third-order valence-electron chi connectivity index (χ3n) is 13.3. The van der Waals surface area contributed by atoms with Crippen molar-refractivity contribution < 1.29 is 0 Å². The Labute approximate surface area is 242 Å². The lowest BCUT2D eigenvalue weighted by atomic mass is 9.44. The van der Waals surface area contributed by atoms with Gasteiger partial charge in [0.25, 0.3) is 0 Å². The van der Waals surface area contributed by atoms with Gasteiger partial charge in [0.15, 0.2) is 5.96 Å². The van der Waals surface area contributed by atoms with Crippen LogP contribution in [0.15, 0.2) is 4.99 Å². The van der Waals surface area contributed by atoms with Gasteiger partial charge >= 0.3 is 0 Å². The van der Waals surface area contributed by atoms with E-state index in [0.29, 0.717) is 10.8 Å². The Balaban J connectivity index is 1.12. The molecule has 4 saturated carbocycles. The van der Waals surface area contributed by atoms with Gasteiger partial charge in [0.2, 0.25) is 0 Å². The van der Waals surface area contributed by atoms with Gasteiger partial charge in [-0.2, -0.15) is 0 Å². The molecule has 3 N–H and O–H groups in total. The average molecular weight is 541 g/mol. The summed E-state index contributed by atoms with van der Waals surface area (Å²) in [6.07, 6.45) is 21.3. The van der Waals surface area contributed by atoms with E-state index in [-0.39, 0.29) is 0 Å². The van der Waals surface area contributed by atoms with Crippen LogP contribution in [0.2, 0.25) is 0 Å². The van der Waals surface area contributed by atoms with Crippen molar-refractivity contribution in [2.24, 2.45) is 63.0 Å². The van der Waals surface area contributed by atoms with Crippen LogP contribution in [0.5, 0.6) is 0 Å². The molecule has 0 amide bonds. The zero-order valence-corrected chi connectivity index (χ0v) is 26.5. The SMILES string of the molecule is CC(C)CCCC(C)[C@H]1CCC2C3CC[C@H]4C[C@H](NCCCN5CCCCN=C5N)CC[C@]4(C)C3CC[C@@]21C. The van der Waals surface area contributed by atoms with Gasteiger partial charge in [-0.05, 0) is 136 Å². The monoisotopic (exact) mass is 541 g/mol. The van der Waals surface area contributed by atoms with Gasteiger partial charge in [0.05, 0.1) is 0 Å². The highest BCUT2D eigenvalue weighted by molar-refractivity contribution is 5.78. The number of hydrogen-bond acceptors (Lipinski definition) is 4. The van der Waals surface area contributed by atoms with Gasteiger partial charge < -0.3 is 16.0 Å². The van der Waals surface area contributed by atoms with E-state index in [1.165, 1.54) is 96.3 Å². The number of fused-ring (bicyclic) bond motifs is 5. The summed E-state index contributed by atoms with van der Waals surface area (Å²) >= 11 is 0. The molecule has 39 heavy (non-hydrogen) atoms. The highest BCUT2D eigenvalue weighted by atomic mass is 15.3. The fourth-order valence-corrected chi connectivity index (χ4v) is 11.1. The first-order valence-corrected chi connectivity index (χ1v) is 17.5. The van der Waals surface area contributed by atoms with Crippen LogP contribution in [0.4, 0.5) is 0 Å². The normalized spacial score (nSPS) is 41.4. The summed E-state index contributed by atoms with van der Waals surface area (Å²) in [4.78, 5) is 6.82. The number of nitrogens with two attached hydrogens (primary N) is 1. The predicted molar refractivity (Wildman–Crippen MR) is 167 cm³/mol. The van der Waals surface area contributed by atoms with Crippen molar-refractivity contribution in [2.75, 3.05) is 26.2 Å². The molecule has 0 aromatic heterocycles. The predicted octanol–water partition coefficient (Wildman–Crippen LogP) is 7.87. The maximum Gasteiger partial charge on any atom is 0.191 e. The summed E-state index contributed by atoms with van der Waals surface area (Å²) in [6, 6.07) is 0.728. The molecule has 0 radical (unpaired) electrons. The first kappa shape index (κ1) is 29.7. The van der Waals surface area contributed by atoms with Crippen molar-refractivity contribution in [3.8, 4) is 0 Å². The van der Waals surface area contributed by atoms with Gasteiger partial charge in [0.1, 0.15) is 0 Å². The minimum Gasteiger partial charge on any atom is -0.370 e. The molecule has 0 aromatic carbocycles. The zero-order chi connectivity index (χ0) is 27.6. The molecule has 4 unspecified atom stereocenters. The van der Waals surface area contributed by atoms with Gasteiger partial charge in [0, 0.05) is 25.7 Å². The van der Waals surface area contributed by atoms with Crippen LogP contribution in [-0.2, 0) is 0 Å². The van der Waals surface area contributed by atoms with Crippen LogP contribution in [0, 0.1) is 52.3 Å². The number of hydrogen-bond donors (Lipinski definition) is 2. The summed E-state index contributed by atoms with van der Waals surface area (Å²) in [7, 11) is 0. The Kier molecular flexibility index (Phi) is 9.61. The molecule has 9 atom stereocenters. The van der Waals surface area contributed by atoms with Crippen LogP contribution in [0.1, 0.15) is 131 Å². The van der Waals surface area contributed by atoms with Gasteiger partial charge in [-0.15, -0.1) is 0 Å². The van der Waals surface area contributed by atoms with Crippen LogP contribution in [0.3, 0.4) is 0 Å². The van der Waals surface area contributed by atoms with Crippen molar-refractivity contribution in [3.63, 3.8) is 0 Å². The molecule has 0 aromatic rings. The van der Waals surface area contributed by atoms with Crippen LogP contribution in [0.25, 0.3) is 0 Å². The van der Waals surface area contributed by atoms with Crippen molar-refractivity contribution in [1.29, 1.82) is 0 Å². The summed E-state index contributed by atoms with van der Waals surface area (Å²) in [5, 5.41) is 3.99. The Morgan fingerprint density at radius 1 is 0.923 bits per heavy atom. The van der Waals surface area contributed by atoms with Crippen LogP contribution < -0.4 is 11.1 Å². The number of rotatable bonds is 10. The van der Waals surface area contributed by atoms with Crippen molar-refractivity contribution in [3.05, 3.63) is 0 Å². The molecule has 0 saturated heterocycles. The molecule has 1 heterocycles. The lowest BCUT2D eigenvalue weighted by Gasteiger charge is -2.61. The van der Waals surface area contributed by atoms with E-state index in [9.17, 15) is 0 Å². The van der Waals surface area contributed by atoms with Crippen molar-refractivity contribution in [2.45, 2.75) is 137 Å². The molecule has 0 spiro atoms. The Hall–Kier alpha value is -0.770. The average Bonchev–Trinajstić information content (AvgIpc) is 3.13. The van der Waals surface area contributed by atoms with E-state index in [1.54, 1.807) is 0 Å². The van der Waals surface area contributed by atoms with Crippen LogP contribution >= 0.6 is 0 Å². The second-order valence-corrected chi connectivity index (χ2v) is 15.9. The highest BCUT2D eigenvalue weighted by Gasteiger charge is 2.60. The molecule has 4 aliphatic carbocycles. The molecule has 4 nitrogen and oxygen atoms in total. The first-order valence-electron chi connectivity index (χ1n) is 17.5. The van der Waals surface area contributed by atoms with E-state index < -0.39 is 0 Å². The van der Waals surface area contributed by atoms with Gasteiger partial charge in [-0.3, -0.25) is 4.99 Å². The van der Waals surface area contributed by atoms with E-state index >= 15 is 0 Å². The molecule has 5 rings (SSSR count). The topological polar surface area (TPSA) is 53.6 Å². The Morgan fingerprint density at radius 2 is 1.72 bits per heavy atom. The third-order valence-corrected chi connectivity index (χ3v) is 13.3. The zero-order valence-electron chi connectivity index (χ0n) is 26.5. The molecule has 224 valence electrons. The number of nitrogens with zero attached hydrogens (tertiary/aromatic N) is 2. The molecule has 1 aliphatic heterocycles. The maximum atomic E-state index is 6.19. The minimum absolute atomic E-state index is 0.598. The molecule has 4 heteroatoms. The number of nitrogens with one attached hydrogen (secondary N) is 1. The fourth-order valence-electron chi connectivity index (χ4n) is 11.1. The minimum atomic E-state index is 0.598. The summed E-state index contributed by atoms with van der Waals surface area (Å²) in [5.41, 5.74) is 7.42. The van der Waals surface area contributed by atoms with Crippen LogP contribution in [-0.4, -0.2) is 43.1 Å². The van der Waals surface area contributed by atoms with E-state index in [4.69, 9.17) is 5.73 Å². The Morgan fingerprint density at radius 3 is 2.54 bits per heavy atom. The van der Waals surface area contributed by atoms with Gasteiger partial charge in [-0.25, -0.2) is 0 Å². The molecule has 4 fully saturated rings. The summed E-state index contributed by atoms with van der Waals surface area (Å²) in [5.74, 6) is 7.50. The Bertz CT molecular complexity index is 823. The van der Waals surface area contributed by atoms with E-state index in [2.05, 4.69) is 49.8 Å². The largest absolute Gasteiger partial charge is 0.370 e. The molecule has 0 bridgehead atoms. The second-order valence-electron chi connectivity index (χ2n) is 15.9. The highest BCUT2D eigenvalue weighted by Crippen LogP contribution is 2.68. The van der Waals surface area contributed by atoms with Gasteiger partial charge in [-0.1, -0.05) is 53.9 Å². The number of guanidine groups is 1. The molecule has 5 aliphatic rings. The molecular weight excluding hydrogens is 476 g/mol. The lowest BCUT2D eigenvalue weighted by molar-refractivity contribution is -0.118. The first-order chi connectivity index (χ1) is 18.7. The smallest absolute Gasteiger partial charge is 0.191 e. The second kappa shape index (κ2) is 12.6. The summed E-state index contributed by atoms with van der Waals surface area (Å²) in [6.45, 7) is 17.1. The number of aliphatic imine (C=N–C) groups is 1. The van der Waals surface area contributed by atoms with E-state index in [0.717, 1.165) is 79.6 Å². The van der Waals surface area contributed by atoms with Crippen molar-refractivity contribution in [1.82, 2.24) is 10.2 Å². The lowest BCUT2D eigenvalue weighted by Crippen LogP contribution is -2.55. The third kappa shape index (κ3) is 6.21. The quantitative estimate of drug-likeness (QED) is 0.277. The maximum absolute atomic E-state index is 6.19. The standard InChI is InChI=1S/C35H64N4/c1-25(2)10-8-11-26(3)30-14-15-31-29-13-12-27-24-28(16-18-34(27,4)32(29)17-19-35(30,31)5)37-21-9-23-39-22-7-6-20-38-33(39)36/h25-32,37H,6-24H2,1-5H3,(H2,36,38)/t26?,27-,28+,29?,30+,31?,32?,34-,35+/m0/s1. The van der Waals surface area contributed by atoms with Crippen molar-refractivity contribution >= 4 is 5.96 Å². The summed E-state index contributed by atoms with van der Waals surface area (Å²) < 4.78 is 0. The fraction of sp³-hybridized carbons (Fsp3) is 0.971.